The van der Waals surface area contributed by atoms with Crippen molar-refractivity contribution in [1.82, 2.24) is 4.90 Å². The first-order valence-corrected chi connectivity index (χ1v) is 3.89. The van der Waals surface area contributed by atoms with Gasteiger partial charge < -0.3 is 4.90 Å². The molecule has 0 aromatic carbocycles. The first-order valence-electron chi connectivity index (χ1n) is 3.89. The standard InChI is InChI=1S/C9H12N2/c1-7-3-4-9-8(5-7)10-6-11(9)2/h3-6,8-9H,1-2H3. The van der Waals surface area contributed by atoms with Crippen LogP contribution in [0.15, 0.2) is 28.8 Å². The molecule has 2 rings (SSSR count). The molecule has 2 unspecified atom stereocenters. The summed E-state index contributed by atoms with van der Waals surface area (Å²) in [5, 5.41) is 0. The smallest absolute Gasteiger partial charge is 0.0942 e. The Hall–Kier alpha value is -1.05. The van der Waals surface area contributed by atoms with E-state index in [2.05, 4.69) is 42.1 Å². The summed E-state index contributed by atoms with van der Waals surface area (Å²) in [6, 6.07) is 0.837. The van der Waals surface area contributed by atoms with E-state index < -0.39 is 0 Å². The first-order chi connectivity index (χ1) is 5.27. The van der Waals surface area contributed by atoms with Crippen LogP contribution in [0.2, 0.25) is 0 Å². The zero-order valence-electron chi connectivity index (χ0n) is 6.86. The van der Waals surface area contributed by atoms with Crippen LogP contribution in [0.5, 0.6) is 0 Å². The summed E-state index contributed by atoms with van der Waals surface area (Å²) in [5.74, 6) is 0. The van der Waals surface area contributed by atoms with Gasteiger partial charge in [-0.05, 0) is 6.92 Å². The fourth-order valence-electron chi connectivity index (χ4n) is 1.55. The van der Waals surface area contributed by atoms with E-state index in [1.54, 1.807) is 0 Å². The Morgan fingerprint density at radius 1 is 1.55 bits per heavy atom. The van der Waals surface area contributed by atoms with Gasteiger partial charge in [0.05, 0.1) is 18.4 Å². The van der Waals surface area contributed by atoms with Crippen molar-refractivity contribution in [2.45, 2.75) is 19.0 Å². The van der Waals surface area contributed by atoms with Gasteiger partial charge in [0.15, 0.2) is 0 Å². The van der Waals surface area contributed by atoms with Crippen LogP contribution in [-0.4, -0.2) is 30.4 Å². The van der Waals surface area contributed by atoms with Crippen molar-refractivity contribution < 1.29 is 0 Å². The minimum atomic E-state index is 0.366. The van der Waals surface area contributed by atoms with Gasteiger partial charge in [-0.25, -0.2) is 0 Å². The molecule has 0 spiro atoms. The molecule has 0 N–H and O–H groups in total. The predicted octanol–water partition coefficient (Wildman–Crippen LogP) is 1.21. The van der Waals surface area contributed by atoms with Gasteiger partial charge in [-0.3, -0.25) is 4.99 Å². The van der Waals surface area contributed by atoms with Crippen molar-refractivity contribution >= 4 is 6.34 Å². The Kier molecular flexibility index (Phi) is 1.34. The highest BCUT2D eigenvalue weighted by Gasteiger charge is 2.25. The maximum atomic E-state index is 4.36. The predicted molar refractivity (Wildman–Crippen MR) is 46.7 cm³/mol. The number of nitrogens with zero attached hydrogens (tertiary/aromatic N) is 2. The lowest BCUT2D eigenvalue weighted by Crippen LogP contribution is -2.31. The number of allylic oxidation sites excluding steroid dienone is 2. The highest BCUT2D eigenvalue weighted by atomic mass is 15.2. The molecule has 2 heteroatoms. The maximum absolute atomic E-state index is 4.36. The fraction of sp³-hybridized carbons (Fsp3) is 0.444. The summed E-state index contributed by atoms with van der Waals surface area (Å²) in [4.78, 5) is 6.51. The molecule has 0 amide bonds. The van der Waals surface area contributed by atoms with Crippen LogP contribution >= 0.6 is 0 Å². The largest absolute Gasteiger partial charge is 0.357 e. The van der Waals surface area contributed by atoms with Crippen LogP contribution in [-0.2, 0) is 0 Å². The van der Waals surface area contributed by atoms with Crippen molar-refractivity contribution in [3.63, 3.8) is 0 Å². The highest BCUT2D eigenvalue weighted by Crippen LogP contribution is 2.20. The summed E-state index contributed by atoms with van der Waals surface area (Å²) in [7, 11) is 2.06. The van der Waals surface area contributed by atoms with E-state index in [0.29, 0.717) is 12.1 Å². The first kappa shape index (κ1) is 6.65. The summed E-state index contributed by atoms with van der Waals surface area (Å²) >= 11 is 0. The molecule has 0 saturated carbocycles. The molecule has 58 valence electrons. The number of rotatable bonds is 0. The highest BCUT2D eigenvalue weighted by molar-refractivity contribution is 5.61. The summed E-state index contributed by atoms with van der Waals surface area (Å²) in [6.45, 7) is 2.11. The van der Waals surface area contributed by atoms with Crippen LogP contribution in [0.1, 0.15) is 6.92 Å². The van der Waals surface area contributed by atoms with Crippen LogP contribution in [0.3, 0.4) is 0 Å². The second-order valence-corrected chi connectivity index (χ2v) is 3.18. The molecule has 11 heavy (non-hydrogen) atoms. The van der Waals surface area contributed by atoms with Crippen LogP contribution < -0.4 is 0 Å². The van der Waals surface area contributed by atoms with E-state index in [0.717, 1.165) is 0 Å². The maximum Gasteiger partial charge on any atom is 0.0942 e. The lowest BCUT2D eigenvalue weighted by molar-refractivity contribution is 0.443. The molecule has 1 aliphatic heterocycles. The van der Waals surface area contributed by atoms with E-state index >= 15 is 0 Å². The lowest BCUT2D eigenvalue weighted by atomic mass is 10.00. The zero-order chi connectivity index (χ0) is 7.84. The van der Waals surface area contributed by atoms with Gasteiger partial charge >= 0.3 is 0 Å². The average Bonchev–Trinajstić information content (AvgIpc) is 2.32. The molecular formula is C9H12N2. The van der Waals surface area contributed by atoms with Crippen molar-refractivity contribution in [1.29, 1.82) is 0 Å². The minimum Gasteiger partial charge on any atom is -0.357 e. The average molecular weight is 148 g/mol. The summed E-state index contributed by atoms with van der Waals surface area (Å²) in [5.41, 5.74) is 1.32. The third kappa shape index (κ3) is 0.985. The number of fused-ring (bicyclic) bond motifs is 1. The lowest BCUT2D eigenvalue weighted by Gasteiger charge is -2.22. The van der Waals surface area contributed by atoms with Crippen molar-refractivity contribution in [2.24, 2.45) is 4.99 Å². The molecule has 1 aliphatic carbocycles. The molecule has 2 atom stereocenters. The van der Waals surface area contributed by atoms with Crippen molar-refractivity contribution in [2.75, 3.05) is 7.05 Å². The molecule has 0 fully saturated rings. The van der Waals surface area contributed by atoms with Crippen LogP contribution in [0, 0.1) is 0 Å². The molecule has 2 aliphatic rings. The molecule has 0 radical (unpaired) electrons. The molecule has 1 heterocycles. The zero-order valence-corrected chi connectivity index (χ0v) is 6.86. The Labute approximate surface area is 66.9 Å². The molecule has 2 nitrogen and oxygen atoms in total. The Balaban J connectivity index is 2.26. The van der Waals surface area contributed by atoms with E-state index in [4.69, 9.17) is 0 Å². The molecule has 0 aromatic heterocycles. The van der Waals surface area contributed by atoms with Gasteiger partial charge in [0.25, 0.3) is 0 Å². The van der Waals surface area contributed by atoms with Crippen molar-refractivity contribution in [3.8, 4) is 0 Å². The number of aliphatic imine (C=N–C) groups is 1. The van der Waals surface area contributed by atoms with E-state index in [9.17, 15) is 0 Å². The second kappa shape index (κ2) is 2.22. The van der Waals surface area contributed by atoms with E-state index in [1.165, 1.54) is 5.57 Å². The SMILES string of the molecule is CC1=CC2N=CN(C)C2C=C1. The number of hydrogen-bond acceptors (Lipinski definition) is 2. The Bertz CT molecular complexity index is 250. The van der Waals surface area contributed by atoms with Crippen molar-refractivity contribution in [3.05, 3.63) is 23.8 Å². The molecule has 0 saturated heterocycles. The van der Waals surface area contributed by atoms with Crippen LogP contribution in [0.25, 0.3) is 0 Å². The summed E-state index contributed by atoms with van der Waals surface area (Å²) in [6.07, 6.45) is 8.50. The number of hydrogen-bond donors (Lipinski definition) is 0. The number of likely N-dealkylation sites (N-methyl/N-ethyl adjacent to an activating group) is 1. The third-order valence-electron chi connectivity index (χ3n) is 2.23. The van der Waals surface area contributed by atoms with E-state index in [1.807, 2.05) is 6.34 Å². The second-order valence-electron chi connectivity index (χ2n) is 3.18. The van der Waals surface area contributed by atoms with E-state index in [-0.39, 0.29) is 0 Å². The molecular weight excluding hydrogens is 136 g/mol. The molecule has 0 bridgehead atoms. The normalized spacial score (nSPS) is 34.0. The van der Waals surface area contributed by atoms with Gasteiger partial charge in [-0.2, -0.15) is 0 Å². The monoisotopic (exact) mass is 148 g/mol. The third-order valence-corrected chi connectivity index (χ3v) is 2.23. The Morgan fingerprint density at radius 2 is 2.36 bits per heavy atom. The molecule has 0 aromatic rings. The van der Waals surface area contributed by atoms with Gasteiger partial charge in [-0.15, -0.1) is 0 Å². The quantitative estimate of drug-likeness (QED) is 0.504. The minimum absolute atomic E-state index is 0.366. The fourth-order valence-corrected chi connectivity index (χ4v) is 1.55. The van der Waals surface area contributed by atoms with Gasteiger partial charge in [0, 0.05) is 7.05 Å². The summed E-state index contributed by atoms with van der Waals surface area (Å²) < 4.78 is 0. The van der Waals surface area contributed by atoms with Crippen LogP contribution in [0.4, 0.5) is 0 Å². The van der Waals surface area contributed by atoms with Gasteiger partial charge in [0.2, 0.25) is 0 Å². The topological polar surface area (TPSA) is 15.6 Å². The van der Waals surface area contributed by atoms with Gasteiger partial charge in [0.1, 0.15) is 0 Å². The Morgan fingerprint density at radius 3 is 3.18 bits per heavy atom. The van der Waals surface area contributed by atoms with Gasteiger partial charge in [-0.1, -0.05) is 23.8 Å².